The van der Waals surface area contributed by atoms with E-state index in [2.05, 4.69) is 6.58 Å². The molecule has 0 saturated heterocycles. The predicted octanol–water partition coefficient (Wildman–Crippen LogP) is 2.30. The lowest BCUT2D eigenvalue weighted by Gasteiger charge is -2.22. The standard InChI is InChI=1S/C10H16O2/c1-8-3-5-10(6-4-8)7-12-9(2)11/h10H,1,3-7H2,2H3. The quantitative estimate of drug-likeness (QED) is 0.467. The highest BCUT2D eigenvalue weighted by molar-refractivity contribution is 5.65. The van der Waals surface area contributed by atoms with Crippen molar-refractivity contribution < 1.29 is 9.53 Å². The number of esters is 1. The minimum Gasteiger partial charge on any atom is -0.466 e. The summed E-state index contributed by atoms with van der Waals surface area (Å²) >= 11 is 0. The number of hydrogen-bond acceptors (Lipinski definition) is 2. The summed E-state index contributed by atoms with van der Waals surface area (Å²) in [5.41, 5.74) is 1.34. The first-order valence-electron chi connectivity index (χ1n) is 4.48. The van der Waals surface area contributed by atoms with Crippen LogP contribution in [0, 0.1) is 5.92 Å². The van der Waals surface area contributed by atoms with E-state index in [1.807, 2.05) is 0 Å². The highest BCUT2D eigenvalue weighted by atomic mass is 16.5. The molecule has 0 atom stereocenters. The van der Waals surface area contributed by atoms with Gasteiger partial charge in [-0.3, -0.25) is 4.79 Å². The SMILES string of the molecule is C=C1CCC(COC(C)=O)CC1. The number of allylic oxidation sites excluding steroid dienone is 1. The van der Waals surface area contributed by atoms with Crippen LogP contribution in [0.25, 0.3) is 0 Å². The minimum absolute atomic E-state index is 0.167. The van der Waals surface area contributed by atoms with Gasteiger partial charge in [-0.1, -0.05) is 12.2 Å². The molecule has 0 spiro atoms. The van der Waals surface area contributed by atoms with E-state index < -0.39 is 0 Å². The Bertz CT molecular complexity index is 174. The molecular weight excluding hydrogens is 152 g/mol. The molecule has 0 aromatic carbocycles. The highest BCUT2D eigenvalue weighted by Crippen LogP contribution is 2.26. The second-order valence-electron chi connectivity index (χ2n) is 3.50. The monoisotopic (exact) mass is 168 g/mol. The Morgan fingerprint density at radius 3 is 2.67 bits per heavy atom. The highest BCUT2D eigenvalue weighted by Gasteiger charge is 2.16. The van der Waals surface area contributed by atoms with Crippen LogP contribution in [0.1, 0.15) is 32.6 Å². The molecule has 1 fully saturated rings. The Kier molecular flexibility index (Phi) is 3.32. The third kappa shape index (κ3) is 3.07. The van der Waals surface area contributed by atoms with E-state index in [9.17, 15) is 4.79 Å². The Balaban J connectivity index is 2.17. The van der Waals surface area contributed by atoms with Gasteiger partial charge in [0, 0.05) is 6.92 Å². The molecule has 0 unspecified atom stereocenters. The summed E-state index contributed by atoms with van der Waals surface area (Å²) in [7, 11) is 0. The van der Waals surface area contributed by atoms with Crippen molar-refractivity contribution in [2.24, 2.45) is 5.92 Å². The average molecular weight is 168 g/mol. The molecule has 1 aliphatic rings. The fraction of sp³-hybridized carbons (Fsp3) is 0.700. The summed E-state index contributed by atoms with van der Waals surface area (Å²) in [4.78, 5) is 10.5. The van der Waals surface area contributed by atoms with Crippen LogP contribution in [0.4, 0.5) is 0 Å². The summed E-state index contributed by atoms with van der Waals surface area (Å²) in [6.45, 7) is 6.00. The lowest BCUT2D eigenvalue weighted by molar-refractivity contribution is -0.142. The number of carbonyl (C=O) groups is 1. The number of carbonyl (C=O) groups excluding carboxylic acids is 1. The van der Waals surface area contributed by atoms with E-state index in [1.54, 1.807) is 0 Å². The van der Waals surface area contributed by atoms with Crippen molar-refractivity contribution in [1.82, 2.24) is 0 Å². The van der Waals surface area contributed by atoms with Gasteiger partial charge in [-0.2, -0.15) is 0 Å². The molecule has 0 amide bonds. The normalized spacial score (nSPS) is 19.2. The zero-order chi connectivity index (χ0) is 8.97. The first-order valence-corrected chi connectivity index (χ1v) is 4.48. The number of rotatable bonds is 2. The molecule has 2 nitrogen and oxygen atoms in total. The maximum Gasteiger partial charge on any atom is 0.302 e. The van der Waals surface area contributed by atoms with E-state index in [0.29, 0.717) is 12.5 Å². The Morgan fingerprint density at radius 1 is 1.58 bits per heavy atom. The van der Waals surface area contributed by atoms with Crippen LogP contribution < -0.4 is 0 Å². The predicted molar refractivity (Wildman–Crippen MR) is 47.7 cm³/mol. The van der Waals surface area contributed by atoms with Gasteiger partial charge in [0.15, 0.2) is 0 Å². The van der Waals surface area contributed by atoms with Gasteiger partial charge in [0.05, 0.1) is 6.61 Å². The van der Waals surface area contributed by atoms with Crippen molar-refractivity contribution in [3.05, 3.63) is 12.2 Å². The second-order valence-corrected chi connectivity index (χ2v) is 3.50. The van der Waals surface area contributed by atoms with E-state index in [0.717, 1.165) is 25.7 Å². The molecule has 0 bridgehead atoms. The topological polar surface area (TPSA) is 26.3 Å². The molecule has 0 N–H and O–H groups in total. The van der Waals surface area contributed by atoms with Crippen LogP contribution in [0.5, 0.6) is 0 Å². The second kappa shape index (κ2) is 4.29. The minimum atomic E-state index is -0.167. The molecule has 1 aliphatic carbocycles. The van der Waals surface area contributed by atoms with Crippen LogP contribution in [-0.2, 0) is 9.53 Å². The molecule has 12 heavy (non-hydrogen) atoms. The summed E-state index contributed by atoms with van der Waals surface area (Å²) < 4.78 is 4.95. The Labute approximate surface area is 73.6 Å². The Morgan fingerprint density at radius 2 is 2.17 bits per heavy atom. The van der Waals surface area contributed by atoms with E-state index >= 15 is 0 Å². The van der Waals surface area contributed by atoms with Gasteiger partial charge >= 0.3 is 5.97 Å². The van der Waals surface area contributed by atoms with Crippen molar-refractivity contribution in [2.45, 2.75) is 32.6 Å². The van der Waals surface area contributed by atoms with E-state index in [-0.39, 0.29) is 5.97 Å². The van der Waals surface area contributed by atoms with Crippen LogP contribution in [0.2, 0.25) is 0 Å². The van der Waals surface area contributed by atoms with Crippen molar-refractivity contribution in [3.63, 3.8) is 0 Å². The Hall–Kier alpha value is -0.790. The molecule has 0 aromatic heterocycles. The van der Waals surface area contributed by atoms with Gasteiger partial charge in [0.25, 0.3) is 0 Å². The number of ether oxygens (including phenoxy) is 1. The van der Waals surface area contributed by atoms with E-state index in [4.69, 9.17) is 4.74 Å². The summed E-state index contributed by atoms with van der Waals surface area (Å²) in [6, 6.07) is 0. The fourth-order valence-electron chi connectivity index (χ4n) is 1.49. The largest absolute Gasteiger partial charge is 0.466 e. The van der Waals surface area contributed by atoms with Crippen LogP contribution in [0.3, 0.4) is 0 Å². The zero-order valence-corrected chi connectivity index (χ0v) is 7.64. The average Bonchev–Trinajstić information content (AvgIpc) is 2.03. The van der Waals surface area contributed by atoms with Crippen molar-refractivity contribution >= 4 is 5.97 Å². The van der Waals surface area contributed by atoms with Gasteiger partial charge in [0.2, 0.25) is 0 Å². The lowest BCUT2D eigenvalue weighted by Crippen LogP contribution is -2.15. The zero-order valence-electron chi connectivity index (χ0n) is 7.64. The molecule has 2 heteroatoms. The number of hydrogen-bond donors (Lipinski definition) is 0. The molecule has 1 saturated carbocycles. The third-order valence-corrected chi connectivity index (χ3v) is 2.33. The maximum absolute atomic E-state index is 10.5. The fourth-order valence-corrected chi connectivity index (χ4v) is 1.49. The van der Waals surface area contributed by atoms with Gasteiger partial charge in [-0.25, -0.2) is 0 Å². The molecule has 0 aromatic rings. The van der Waals surface area contributed by atoms with Crippen molar-refractivity contribution in [3.8, 4) is 0 Å². The van der Waals surface area contributed by atoms with Gasteiger partial charge in [-0.05, 0) is 31.6 Å². The third-order valence-electron chi connectivity index (χ3n) is 2.33. The first kappa shape index (κ1) is 9.30. The molecule has 1 rings (SSSR count). The van der Waals surface area contributed by atoms with E-state index in [1.165, 1.54) is 12.5 Å². The van der Waals surface area contributed by atoms with Crippen molar-refractivity contribution in [1.29, 1.82) is 0 Å². The lowest BCUT2D eigenvalue weighted by atomic mass is 9.87. The van der Waals surface area contributed by atoms with Gasteiger partial charge in [0.1, 0.15) is 0 Å². The molecule has 68 valence electrons. The molecule has 0 heterocycles. The van der Waals surface area contributed by atoms with Crippen LogP contribution >= 0.6 is 0 Å². The van der Waals surface area contributed by atoms with Gasteiger partial charge in [-0.15, -0.1) is 0 Å². The molecule has 0 aliphatic heterocycles. The summed E-state index contributed by atoms with van der Waals surface area (Å²) in [5.74, 6) is 0.402. The summed E-state index contributed by atoms with van der Waals surface area (Å²) in [6.07, 6.45) is 4.47. The molecular formula is C10H16O2. The molecule has 0 radical (unpaired) electrons. The smallest absolute Gasteiger partial charge is 0.302 e. The van der Waals surface area contributed by atoms with Gasteiger partial charge < -0.3 is 4.74 Å². The first-order chi connectivity index (χ1) is 5.68. The van der Waals surface area contributed by atoms with Crippen LogP contribution in [-0.4, -0.2) is 12.6 Å². The van der Waals surface area contributed by atoms with Crippen LogP contribution in [0.15, 0.2) is 12.2 Å². The van der Waals surface area contributed by atoms with Crippen molar-refractivity contribution in [2.75, 3.05) is 6.61 Å². The summed E-state index contributed by atoms with van der Waals surface area (Å²) in [5, 5.41) is 0. The maximum atomic E-state index is 10.5.